The second-order valence-corrected chi connectivity index (χ2v) is 6.00. The van der Waals surface area contributed by atoms with E-state index in [-0.39, 0.29) is 11.7 Å². The fourth-order valence-electron chi connectivity index (χ4n) is 2.62. The molecule has 3 rings (SSSR count). The molecule has 0 atom stereocenters. The van der Waals surface area contributed by atoms with E-state index in [0.717, 1.165) is 18.7 Å². The summed E-state index contributed by atoms with van der Waals surface area (Å²) in [6.45, 7) is 4.84. The highest BCUT2D eigenvalue weighted by Gasteiger charge is 2.29. The quantitative estimate of drug-likeness (QED) is 0.779. The molecule has 0 bridgehead atoms. The van der Waals surface area contributed by atoms with E-state index in [1.54, 1.807) is 12.1 Å². The lowest BCUT2D eigenvalue weighted by molar-refractivity contribution is -0.123. The number of carbonyl (C=O) groups is 1. The molecule has 6 nitrogen and oxygen atoms in total. The van der Waals surface area contributed by atoms with Crippen molar-refractivity contribution in [2.24, 2.45) is 0 Å². The van der Waals surface area contributed by atoms with Crippen LogP contribution in [-0.2, 0) is 4.79 Å². The van der Waals surface area contributed by atoms with Gasteiger partial charge in [0.2, 0.25) is 5.91 Å². The molecule has 2 aromatic rings. The van der Waals surface area contributed by atoms with Crippen LogP contribution in [-0.4, -0.2) is 53.4 Å². The molecule has 1 aromatic carbocycles. The first-order valence-corrected chi connectivity index (χ1v) is 7.98. The first kappa shape index (κ1) is 16.4. The van der Waals surface area contributed by atoms with Crippen molar-refractivity contribution in [3.63, 3.8) is 0 Å². The Hall–Kier alpha value is -2.41. The SMILES string of the molecule is Cc1cnn(C2CN(CC(=O)NCCOc3ccc(F)cc3)C2)c1. The number of nitrogens with zero attached hydrogens (tertiary/aromatic N) is 3. The van der Waals surface area contributed by atoms with Crippen LogP contribution in [0.4, 0.5) is 4.39 Å². The number of likely N-dealkylation sites (tertiary alicyclic amines) is 1. The van der Waals surface area contributed by atoms with Gasteiger partial charge in [-0.15, -0.1) is 0 Å². The second-order valence-electron chi connectivity index (χ2n) is 6.00. The van der Waals surface area contributed by atoms with Crippen LogP contribution < -0.4 is 10.1 Å². The predicted molar refractivity (Wildman–Crippen MR) is 87.3 cm³/mol. The Bertz CT molecular complexity index is 680. The minimum Gasteiger partial charge on any atom is -0.492 e. The molecule has 1 amide bonds. The number of amides is 1. The number of carbonyl (C=O) groups excluding carboxylic acids is 1. The van der Waals surface area contributed by atoms with E-state index >= 15 is 0 Å². The molecule has 2 heterocycles. The first-order valence-electron chi connectivity index (χ1n) is 7.98. The number of nitrogens with one attached hydrogen (secondary N) is 1. The Balaban J connectivity index is 1.29. The molecule has 1 saturated heterocycles. The number of ether oxygens (including phenoxy) is 1. The van der Waals surface area contributed by atoms with Crippen molar-refractivity contribution < 1.29 is 13.9 Å². The molecule has 1 aliphatic rings. The van der Waals surface area contributed by atoms with E-state index < -0.39 is 0 Å². The average Bonchev–Trinajstić information content (AvgIpc) is 2.95. The van der Waals surface area contributed by atoms with Crippen molar-refractivity contribution in [3.05, 3.63) is 48.0 Å². The maximum absolute atomic E-state index is 12.8. The molecular formula is C17H21FN4O2. The third-order valence-electron chi connectivity index (χ3n) is 3.92. The smallest absolute Gasteiger partial charge is 0.234 e. The van der Waals surface area contributed by atoms with E-state index in [0.29, 0.717) is 31.5 Å². The van der Waals surface area contributed by atoms with Gasteiger partial charge in [0, 0.05) is 19.3 Å². The zero-order valence-corrected chi connectivity index (χ0v) is 13.6. The van der Waals surface area contributed by atoms with Crippen molar-refractivity contribution >= 4 is 5.91 Å². The first-order chi connectivity index (χ1) is 11.6. The van der Waals surface area contributed by atoms with Crippen LogP contribution in [0.5, 0.6) is 5.75 Å². The van der Waals surface area contributed by atoms with E-state index in [1.807, 2.05) is 24.0 Å². The summed E-state index contributed by atoms with van der Waals surface area (Å²) in [5.41, 5.74) is 1.15. The molecule has 1 fully saturated rings. The molecule has 1 aliphatic heterocycles. The topological polar surface area (TPSA) is 59.4 Å². The van der Waals surface area contributed by atoms with Crippen LogP contribution in [0.2, 0.25) is 0 Å². The van der Waals surface area contributed by atoms with Gasteiger partial charge in [-0.2, -0.15) is 5.10 Å². The van der Waals surface area contributed by atoms with E-state index in [2.05, 4.69) is 15.3 Å². The van der Waals surface area contributed by atoms with E-state index in [4.69, 9.17) is 4.74 Å². The molecule has 0 aliphatic carbocycles. The molecule has 128 valence electrons. The Morgan fingerprint density at radius 1 is 1.38 bits per heavy atom. The summed E-state index contributed by atoms with van der Waals surface area (Å²) in [7, 11) is 0. The Labute approximate surface area is 140 Å². The fourth-order valence-corrected chi connectivity index (χ4v) is 2.62. The van der Waals surface area contributed by atoms with Gasteiger partial charge in [0.15, 0.2) is 0 Å². The highest BCUT2D eigenvalue weighted by Crippen LogP contribution is 2.20. The van der Waals surface area contributed by atoms with Crippen LogP contribution in [0.25, 0.3) is 0 Å². The number of aryl methyl sites for hydroxylation is 1. The Morgan fingerprint density at radius 3 is 2.79 bits per heavy atom. The molecule has 0 spiro atoms. The summed E-state index contributed by atoms with van der Waals surface area (Å²) in [5, 5.41) is 7.12. The van der Waals surface area contributed by atoms with Gasteiger partial charge in [0.1, 0.15) is 18.2 Å². The summed E-state index contributed by atoms with van der Waals surface area (Å²) in [6, 6.07) is 6.17. The zero-order valence-electron chi connectivity index (χ0n) is 13.6. The monoisotopic (exact) mass is 332 g/mol. The predicted octanol–water partition coefficient (Wildman–Crippen LogP) is 1.38. The maximum Gasteiger partial charge on any atom is 0.234 e. The van der Waals surface area contributed by atoms with Gasteiger partial charge in [-0.05, 0) is 36.8 Å². The van der Waals surface area contributed by atoms with Gasteiger partial charge < -0.3 is 10.1 Å². The van der Waals surface area contributed by atoms with Crippen molar-refractivity contribution in [2.45, 2.75) is 13.0 Å². The number of halogens is 1. The van der Waals surface area contributed by atoms with Crippen LogP contribution in [0.1, 0.15) is 11.6 Å². The standard InChI is InChI=1S/C17H21FN4O2/c1-13-8-20-22(9-13)15-10-21(11-15)12-17(23)19-6-7-24-16-4-2-14(18)3-5-16/h2-5,8-9,15H,6-7,10-12H2,1H3,(H,19,23). The molecule has 0 unspecified atom stereocenters. The lowest BCUT2D eigenvalue weighted by atomic mass is 10.1. The molecule has 1 aromatic heterocycles. The maximum atomic E-state index is 12.8. The summed E-state index contributed by atoms with van der Waals surface area (Å²) in [4.78, 5) is 14.0. The minimum atomic E-state index is -0.297. The summed E-state index contributed by atoms with van der Waals surface area (Å²) >= 11 is 0. The lowest BCUT2D eigenvalue weighted by Crippen LogP contribution is -2.51. The summed E-state index contributed by atoms with van der Waals surface area (Å²) in [5.74, 6) is 0.271. The third-order valence-corrected chi connectivity index (χ3v) is 3.92. The molecule has 1 N–H and O–H groups in total. The van der Waals surface area contributed by atoms with E-state index in [1.165, 1.54) is 12.1 Å². The van der Waals surface area contributed by atoms with Gasteiger partial charge in [-0.25, -0.2) is 4.39 Å². The second kappa shape index (κ2) is 7.44. The number of hydrogen-bond acceptors (Lipinski definition) is 4. The summed E-state index contributed by atoms with van der Waals surface area (Å²) in [6.07, 6.45) is 3.87. The highest BCUT2D eigenvalue weighted by molar-refractivity contribution is 5.78. The van der Waals surface area contributed by atoms with Gasteiger partial charge >= 0.3 is 0 Å². The zero-order chi connectivity index (χ0) is 16.9. The highest BCUT2D eigenvalue weighted by atomic mass is 19.1. The molecule has 24 heavy (non-hydrogen) atoms. The number of aromatic nitrogens is 2. The minimum absolute atomic E-state index is 0.0206. The van der Waals surface area contributed by atoms with Gasteiger partial charge in [0.05, 0.1) is 25.3 Å². The van der Waals surface area contributed by atoms with Crippen LogP contribution >= 0.6 is 0 Å². The molecule has 0 saturated carbocycles. The normalized spacial score (nSPS) is 15.1. The number of benzene rings is 1. The fraction of sp³-hybridized carbons (Fsp3) is 0.412. The Kier molecular flexibility index (Phi) is 5.10. The molecule has 0 radical (unpaired) electrons. The Morgan fingerprint density at radius 2 is 2.12 bits per heavy atom. The summed E-state index contributed by atoms with van der Waals surface area (Å²) < 4.78 is 20.1. The van der Waals surface area contributed by atoms with Crippen LogP contribution in [0.15, 0.2) is 36.7 Å². The number of hydrogen-bond donors (Lipinski definition) is 1. The lowest BCUT2D eigenvalue weighted by Gasteiger charge is -2.38. The van der Waals surface area contributed by atoms with Gasteiger partial charge in [0.25, 0.3) is 0 Å². The average molecular weight is 332 g/mol. The van der Waals surface area contributed by atoms with Crippen LogP contribution in [0.3, 0.4) is 0 Å². The third kappa shape index (κ3) is 4.32. The van der Waals surface area contributed by atoms with Gasteiger partial charge in [-0.3, -0.25) is 14.4 Å². The van der Waals surface area contributed by atoms with E-state index in [9.17, 15) is 9.18 Å². The molecule has 7 heteroatoms. The van der Waals surface area contributed by atoms with Crippen molar-refractivity contribution in [3.8, 4) is 5.75 Å². The van der Waals surface area contributed by atoms with Crippen molar-refractivity contribution in [2.75, 3.05) is 32.8 Å². The van der Waals surface area contributed by atoms with Gasteiger partial charge in [-0.1, -0.05) is 0 Å². The van der Waals surface area contributed by atoms with Crippen molar-refractivity contribution in [1.29, 1.82) is 0 Å². The van der Waals surface area contributed by atoms with Crippen LogP contribution in [0, 0.1) is 12.7 Å². The number of rotatable bonds is 7. The van der Waals surface area contributed by atoms with Crippen molar-refractivity contribution in [1.82, 2.24) is 20.0 Å². The largest absolute Gasteiger partial charge is 0.492 e. The molecular weight excluding hydrogens is 311 g/mol.